The fraction of sp³-hybridized carbons (Fsp3) is 0.367. The summed E-state index contributed by atoms with van der Waals surface area (Å²) in [5.74, 6) is -0.254. The van der Waals surface area contributed by atoms with Gasteiger partial charge in [0.1, 0.15) is 5.75 Å². The summed E-state index contributed by atoms with van der Waals surface area (Å²) in [4.78, 5) is 12.6. The maximum absolute atomic E-state index is 12.6. The van der Waals surface area contributed by atoms with Crippen LogP contribution in [0.3, 0.4) is 0 Å². The van der Waals surface area contributed by atoms with Crippen molar-refractivity contribution < 1.29 is 23.4 Å². The first-order chi connectivity index (χ1) is 18.2. The van der Waals surface area contributed by atoms with Crippen LogP contribution in [0.1, 0.15) is 53.3 Å². The van der Waals surface area contributed by atoms with Crippen molar-refractivity contribution in [3.63, 3.8) is 0 Å². The lowest BCUT2D eigenvalue weighted by molar-refractivity contribution is -0.120. The molecule has 3 aromatic rings. The molecule has 0 radical (unpaired) electrons. The highest BCUT2D eigenvalue weighted by Gasteiger charge is 2.21. The lowest BCUT2D eigenvalue weighted by Crippen LogP contribution is -2.43. The number of carbonyl (C=O) groups excluding carboxylic acids is 1. The van der Waals surface area contributed by atoms with E-state index in [1.165, 1.54) is 23.3 Å². The maximum atomic E-state index is 12.6. The van der Waals surface area contributed by atoms with Gasteiger partial charge in [0.25, 0.3) is 0 Å². The smallest absolute Gasteiger partial charge is 0.229 e. The molecule has 9 heteroatoms. The van der Waals surface area contributed by atoms with Crippen molar-refractivity contribution in [1.82, 2.24) is 10.6 Å². The van der Waals surface area contributed by atoms with Crippen LogP contribution < -0.4 is 15.4 Å². The van der Waals surface area contributed by atoms with Gasteiger partial charge in [0.05, 0.1) is 24.5 Å². The lowest BCUT2D eigenvalue weighted by Gasteiger charge is -2.28. The van der Waals surface area contributed by atoms with E-state index in [-0.39, 0.29) is 35.8 Å². The number of sulfonamides is 1. The third-order valence-corrected chi connectivity index (χ3v) is 7.26. The van der Waals surface area contributed by atoms with Gasteiger partial charge in [0.15, 0.2) is 0 Å². The van der Waals surface area contributed by atoms with Crippen LogP contribution in [0.4, 0.5) is 5.69 Å². The number of carbonyl (C=O) groups is 1. The van der Waals surface area contributed by atoms with Gasteiger partial charge in [-0.15, -0.1) is 0 Å². The van der Waals surface area contributed by atoms with Crippen molar-refractivity contribution in [2.24, 2.45) is 0 Å². The zero-order chi connectivity index (χ0) is 28.8. The highest BCUT2D eigenvalue weighted by Crippen LogP contribution is 2.28. The lowest BCUT2D eigenvalue weighted by atomic mass is 9.93. The number of aryl methyl sites for hydroxylation is 1. The number of nitrogens with one attached hydrogen (secondary N) is 3. The third kappa shape index (κ3) is 9.38. The number of phenolic OH excluding ortho intramolecular Hbond substituents is 1. The van der Waals surface area contributed by atoms with E-state index in [0.29, 0.717) is 18.5 Å². The third-order valence-electron chi connectivity index (χ3n) is 6.67. The Kier molecular flexibility index (Phi) is 9.77. The van der Waals surface area contributed by atoms with Crippen LogP contribution in [0, 0.1) is 13.8 Å². The molecule has 0 saturated carbocycles. The number of amides is 1. The minimum absolute atomic E-state index is 0.0168. The summed E-state index contributed by atoms with van der Waals surface area (Å²) in [5, 5.41) is 27.0. The Morgan fingerprint density at radius 2 is 1.69 bits per heavy atom. The molecular formula is C30H39N3O5S. The second-order valence-electron chi connectivity index (χ2n) is 10.7. The number of β-amino-alcohol motifs (C(OH)–C–C–N with tert-alkyl or cyclic N) is 1. The van der Waals surface area contributed by atoms with Crippen molar-refractivity contribution in [3.05, 3.63) is 94.0 Å². The quantitative estimate of drug-likeness (QED) is 0.217. The van der Waals surface area contributed by atoms with Gasteiger partial charge in [-0.25, -0.2) is 8.42 Å². The van der Waals surface area contributed by atoms with Crippen LogP contribution in [-0.4, -0.2) is 42.9 Å². The van der Waals surface area contributed by atoms with Crippen LogP contribution in [0.2, 0.25) is 0 Å². The van der Waals surface area contributed by atoms with Crippen molar-refractivity contribution in [2.45, 2.75) is 58.7 Å². The molecule has 1 atom stereocenters. The highest BCUT2D eigenvalue weighted by molar-refractivity contribution is 7.92. The van der Waals surface area contributed by atoms with Crippen LogP contribution >= 0.6 is 0 Å². The van der Waals surface area contributed by atoms with E-state index in [0.717, 1.165) is 22.9 Å². The normalized spacial score (nSPS) is 12.7. The zero-order valence-electron chi connectivity index (χ0n) is 23.2. The van der Waals surface area contributed by atoms with Crippen molar-refractivity contribution >= 4 is 21.6 Å². The number of aliphatic hydroxyl groups is 1. The fourth-order valence-corrected chi connectivity index (χ4v) is 4.96. The largest absolute Gasteiger partial charge is 0.506 e. The molecule has 0 aromatic heterocycles. The van der Waals surface area contributed by atoms with Gasteiger partial charge < -0.3 is 20.8 Å². The summed E-state index contributed by atoms with van der Waals surface area (Å²) >= 11 is 0. The summed E-state index contributed by atoms with van der Waals surface area (Å²) in [7, 11) is -3.58. The number of aromatic hydroxyl groups is 1. The van der Waals surface area contributed by atoms with E-state index in [1.54, 1.807) is 6.07 Å². The first kappa shape index (κ1) is 30.1. The molecule has 210 valence electrons. The number of hydrogen-bond donors (Lipinski definition) is 5. The fourth-order valence-electron chi connectivity index (χ4n) is 4.40. The van der Waals surface area contributed by atoms with Gasteiger partial charge >= 0.3 is 0 Å². The molecule has 0 spiro atoms. The van der Waals surface area contributed by atoms with Gasteiger partial charge in [-0.05, 0) is 79.6 Å². The second kappa shape index (κ2) is 12.6. The van der Waals surface area contributed by atoms with Crippen molar-refractivity contribution in [1.29, 1.82) is 0 Å². The van der Waals surface area contributed by atoms with E-state index in [9.17, 15) is 23.4 Å². The molecule has 0 heterocycles. The SMILES string of the molecule is Cc1cccc(CNC(=O)Cc2cccc(CC(C)(C)NC[C@H](O)c3ccc(O)c(NS(C)(=O)=O)c3)c2)c1C. The molecule has 1 amide bonds. The number of rotatable bonds is 12. The average Bonchev–Trinajstić information content (AvgIpc) is 2.84. The summed E-state index contributed by atoms with van der Waals surface area (Å²) in [6.45, 7) is 8.89. The van der Waals surface area contributed by atoms with Gasteiger partial charge in [0, 0.05) is 18.6 Å². The van der Waals surface area contributed by atoms with Crippen LogP contribution in [0.15, 0.2) is 60.7 Å². The second-order valence-corrected chi connectivity index (χ2v) is 12.5. The number of hydrogen-bond acceptors (Lipinski definition) is 6. The van der Waals surface area contributed by atoms with E-state index in [1.807, 2.05) is 50.2 Å². The van der Waals surface area contributed by atoms with Gasteiger partial charge in [-0.2, -0.15) is 0 Å². The Hall–Kier alpha value is -3.40. The molecule has 3 rings (SSSR count). The minimum Gasteiger partial charge on any atom is -0.506 e. The molecular weight excluding hydrogens is 514 g/mol. The molecule has 0 aliphatic rings. The average molecular weight is 554 g/mol. The van der Waals surface area contributed by atoms with E-state index >= 15 is 0 Å². The summed E-state index contributed by atoms with van der Waals surface area (Å²) < 4.78 is 25.3. The first-order valence-corrected chi connectivity index (χ1v) is 14.7. The summed E-state index contributed by atoms with van der Waals surface area (Å²) in [5.41, 5.74) is 5.60. The Morgan fingerprint density at radius 3 is 2.41 bits per heavy atom. The standard InChI is InChI=1S/C30H39N3O5S/c1-20-8-6-11-25(21(20)2)18-31-29(36)15-22-9-7-10-23(14-22)17-30(3,4)32-19-28(35)24-12-13-27(34)26(16-24)33-39(5,37)38/h6-14,16,28,32-35H,15,17-19H2,1-5H3,(H,31,36)/t28-/m0/s1. The Bertz CT molecular complexity index is 1420. The molecule has 5 N–H and O–H groups in total. The number of benzene rings is 3. The molecule has 8 nitrogen and oxygen atoms in total. The van der Waals surface area contributed by atoms with E-state index < -0.39 is 16.1 Å². The minimum atomic E-state index is -3.58. The predicted molar refractivity (Wildman–Crippen MR) is 155 cm³/mol. The zero-order valence-corrected chi connectivity index (χ0v) is 24.0. The molecule has 0 saturated heterocycles. The Morgan fingerprint density at radius 1 is 1.00 bits per heavy atom. The first-order valence-electron chi connectivity index (χ1n) is 12.9. The topological polar surface area (TPSA) is 128 Å². The van der Waals surface area contributed by atoms with Crippen molar-refractivity contribution in [2.75, 3.05) is 17.5 Å². The molecule has 0 bridgehead atoms. The molecule has 3 aromatic carbocycles. The molecule has 0 aliphatic heterocycles. The van der Waals surface area contributed by atoms with E-state index in [2.05, 4.69) is 35.3 Å². The molecule has 0 unspecified atom stereocenters. The monoisotopic (exact) mass is 553 g/mol. The van der Waals surface area contributed by atoms with E-state index in [4.69, 9.17) is 0 Å². The van der Waals surface area contributed by atoms with Crippen molar-refractivity contribution in [3.8, 4) is 5.75 Å². The molecule has 0 fully saturated rings. The summed E-state index contributed by atoms with van der Waals surface area (Å²) in [6.07, 6.45) is 1.02. The number of anilines is 1. The highest BCUT2D eigenvalue weighted by atomic mass is 32.2. The van der Waals surface area contributed by atoms with Gasteiger partial charge in [0.2, 0.25) is 15.9 Å². The van der Waals surface area contributed by atoms with Crippen LogP contribution in [-0.2, 0) is 34.2 Å². The van der Waals surface area contributed by atoms with Gasteiger partial charge in [-0.1, -0.05) is 48.5 Å². The number of phenols is 1. The summed E-state index contributed by atoms with van der Waals surface area (Å²) in [6, 6.07) is 18.3. The number of aliphatic hydroxyl groups excluding tert-OH is 1. The Balaban J connectivity index is 1.56. The molecule has 0 aliphatic carbocycles. The van der Waals surface area contributed by atoms with Crippen LogP contribution in [0.5, 0.6) is 5.75 Å². The maximum Gasteiger partial charge on any atom is 0.229 e. The van der Waals surface area contributed by atoms with Gasteiger partial charge in [-0.3, -0.25) is 9.52 Å². The predicted octanol–water partition coefficient (Wildman–Crippen LogP) is 3.88. The Labute approximate surface area is 231 Å². The molecule has 39 heavy (non-hydrogen) atoms. The van der Waals surface area contributed by atoms with Crippen LogP contribution in [0.25, 0.3) is 0 Å².